The average molecular weight is 404 g/mol. The van der Waals surface area contributed by atoms with Gasteiger partial charge < -0.3 is 9.57 Å². The topological polar surface area (TPSA) is 72.3 Å². The van der Waals surface area contributed by atoms with Crippen molar-refractivity contribution in [2.24, 2.45) is 10.1 Å². The van der Waals surface area contributed by atoms with Crippen molar-refractivity contribution < 1.29 is 18.8 Å². The molecule has 28 heavy (non-hydrogen) atoms. The molecule has 8 heteroatoms. The highest BCUT2D eigenvalue weighted by molar-refractivity contribution is 6.30. The standard InChI is InChI=1S/C20H19ClFN3O3/c1-20(13-5-4-6-14(21)10-13)11-17(25-28-20)12-7-8-15(16(22)9-12)18(26)24-19(23-2)27-3/h4-10H,11H2,1-3H3,(H,23,24,26). The van der Waals surface area contributed by atoms with E-state index in [0.29, 0.717) is 22.7 Å². The molecule has 146 valence electrons. The Morgan fingerprint density at radius 3 is 2.79 bits per heavy atom. The monoisotopic (exact) mass is 403 g/mol. The van der Waals surface area contributed by atoms with Crippen LogP contribution < -0.4 is 5.32 Å². The van der Waals surface area contributed by atoms with Gasteiger partial charge in [0.25, 0.3) is 11.9 Å². The number of carbonyl (C=O) groups excluding carboxylic acids is 1. The predicted molar refractivity (Wildman–Crippen MR) is 105 cm³/mol. The Kier molecular flexibility index (Phi) is 5.65. The summed E-state index contributed by atoms with van der Waals surface area (Å²) in [6, 6.07) is 11.6. The van der Waals surface area contributed by atoms with Gasteiger partial charge in [-0.3, -0.25) is 10.1 Å². The third kappa shape index (κ3) is 3.99. The second-order valence-corrected chi connectivity index (χ2v) is 6.87. The summed E-state index contributed by atoms with van der Waals surface area (Å²) in [4.78, 5) is 21.5. The number of amides is 1. The van der Waals surface area contributed by atoms with Gasteiger partial charge in [-0.05, 0) is 36.8 Å². The van der Waals surface area contributed by atoms with Gasteiger partial charge in [0.2, 0.25) is 0 Å². The van der Waals surface area contributed by atoms with E-state index >= 15 is 0 Å². The van der Waals surface area contributed by atoms with Gasteiger partial charge in [0.15, 0.2) is 5.60 Å². The van der Waals surface area contributed by atoms with E-state index in [4.69, 9.17) is 21.2 Å². The molecule has 1 unspecified atom stereocenters. The number of rotatable bonds is 3. The molecule has 1 atom stereocenters. The van der Waals surface area contributed by atoms with Crippen LogP contribution in [0.3, 0.4) is 0 Å². The first-order chi connectivity index (χ1) is 13.4. The molecule has 1 heterocycles. The molecule has 1 N–H and O–H groups in total. The zero-order valence-corrected chi connectivity index (χ0v) is 16.4. The molecule has 0 saturated heterocycles. The molecule has 0 aliphatic carbocycles. The van der Waals surface area contributed by atoms with Gasteiger partial charge in [-0.15, -0.1) is 0 Å². The number of aliphatic imine (C=N–C) groups is 1. The Bertz CT molecular complexity index is 977. The van der Waals surface area contributed by atoms with Crippen LogP contribution in [-0.4, -0.2) is 31.8 Å². The third-order valence-electron chi connectivity index (χ3n) is 4.46. The first-order valence-corrected chi connectivity index (χ1v) is 8.87. The lowest BCUT2D eigenvalue weighted by Crippen LogP contribution is -2.32. The minimum absolute atomic E-state index is 0.000618. The molecular weight excluding hydrogens is 385 g/mol. The summed E-state index contributed by atoms with van der Waals surface area (Å²) in [7, 11) is 2.81. The summed E-state index contributed by atoms with van der Waals surface area (Å²) >= 11 is 6.07. The highest BCUT2D eigenvalue weighted by Crippen LogP contribution is 2.37. The van der Waals surface area contributed by atoms with Gasteiger partial charge in [-0.25, -0.2) is 9.38 Å². The normalized spacial score (nSPS) is 19.0. The fourth-order valence-corrected chi connectivity index (χ4v) is 3.10. The molecule has 6 nitrogen and oxygen atoms in total. The van der Waals surface area contributed by atoms with E-state index in [0.717, 1.165) is 5.56 Å². The quantitative estimate of drug-likeness (QED) is 0.624. The molecule has 2 aromatic carbocycles. The zero-order chi connectivity index (χ0) is 20.3. The van der Waals surface area contributed by atoms with E-state index in [1.807, 2.05) is 25.1 Å². The number of nitrogens with one attached hydrogen (secondary N) is 1. The lowest BCUT2D eigenvalue weighted by molar-refractivity contribution is -0.00738. The van der Waals surface area contributed by atoms with Gasteiger partial charge >= 0.3 is 0 Å². The molecule has 0 radical (unpaired) electrons. The van der Waals surface area contributed by atoms with E-state index < -0.39 is 17.3 Å². The number of carbonyl (C=O) groups is 1. The molecule has 0 aromatic heterocycles. The van der Waals surface area contributed by atoms with Crippen molar-refractivity contribution in [3.8, 4) is 0 Å². The SMILES string of the molecule is CN=C(NC(=O)c1ccc(C2=NOC(C)(c3cccc(Cl)c3)C2)cc1F)OC. The van der Waals surface area contributed by atoms with Crippen LogP contribution in [0.2, 0.25) is 5.02 Å². The minimum atomic E-state index is -0.697. The van der Waals surface area contributed by atoms with Crippen LogP contribution in [0.15, 0.2) is 52.6 Å². The maximum Gasteiger partial charge on any atom is 0.291 e. The van der Waals surface area contributed by atoms with E-state index in [2.05, 4.69) is 15.5 Å². The Labute approximate surface area is 167 Å². The van der Waals surface area contributed by atoms with Gasteiger partial charge in [0.05, 0.1) is 18.4 Å². The van der Waals surface area contributed by atoms with Gasteiger partial charge in [0, 0.05) is 24.1 Å². The smallest absolute Gasteiger partial charge is 0.291 e. The van der Waals surface area contributed by atoms with Crippen LogP contribution in [-0.2, 0) is 15.2 Å². The number of ether oxygens (including phenoxy) is 1. The van der Waals surface area contributed by atoms with Crippen LogP contribution >= 0.6 is 11.6 Å². The summed E-state index contributed by atoms with van der Waals surface area (Å²) in [6.45, 7) is 1.89. The Morgan fingerprint density at radius 2 is 2.14 bits per heavy atom. The first kappa shape index (κ1) is 19.8. The van der Waals surface area contributed by atoms with E-state index in [1.165, 1.54) is 26.3 Å². The summed E-state index contributed by atoms with van der Waals surface area (Å²) in [5.41, 5.74) is 1.18. The summed E-state index contributed by atoms with van der Waals surface area (Å²) < 4.78 is 19.4. The average Bonchev–Trinajstić information content (AvgIpc) is 3.09. The molecule has 1 aliphatic rings. The fraction of sp³-hybridized carbons (Fsp3) is 0.250. The second kappa shape index (κ2) is 7.98. The lowest BCUT2D eigenvalue weighted by Gasteiger charge is -2.22. The molecule has 1 aliphatic heterocycles. The zero-order valence-electron chi connectivity index (χ0n) is 15.6. The molecule has 2 aromatic rings. The van der Waals surface area contributed by atoms with E-state index in [-0.39, 0.29) is 11.6 Å². The van der Waals surface area contributed by atoms with Crippen molar-refractivity contribution >= 4 is 29.2 Å². The van der Waals surface area contributed by atoms with Gasteiger partial charge in [-0.2, -0.15) is 0 Å². The highest BCUT2D eigenvalue weighted by atomic mass is 35.5. The van der Waals surface area contributed by atoms with Crippen molar-refractivity contribution in [2.45, 2.75) is 18.9 Å². The number of nitrogens with zero attached hydrogens (tertiary/aromatic N) is 2. The number of hydrogen-bond acceptors (Lipinski definition) is 5. The van der Waals surface area contributed by atoms with Crippen molar-refractivity contribution in [3.05, 3.63) is 70.0 Å². The maximum atomic E-state index is 14.5. The Morgan fingerprint density at radius 1 is 1.36 bits per heavy atom. The first-order valence-electron chi connectivity index (χ1n) is 8.49. The number of benzene rings is 2. The summed E-state index contributed by atoms with van der Waals surface area (Å²) in [6.07, 6.45) is 0.439. The van der Waals surface area contributed by atoms with Gasteiger partial charge in [-0.1, -0.05) is 35.0 Å². The van der Waals surface area contributed by atoms with E-state index in [9.17, 15) is 9.18 Å². The molecule has 3 rings (SSSR count). The molecule has 0 saturated carbocycles. The van der Waals surface area contributed by atoms with Crippen molar-refractivity contribution in [1.29, 1.82) is 0 Å². The highest BCUT2D eigenvalue weighted by Gasteiger charge is 2.37. The lowest BCUT2D eigenvalue weighted by atomic mass is 9.89. The van der Waals surface area contributed by atoms with Crippen LogP contribution in [0, 0.1) is 5.82 Å². The van der Waals surface area contributed by atoms with Crippen LogP contribution in [0.5, 0.6) is 0 Å². The van der Waals surface area contributed by atoms with Crippen LogP contribution in [0.25, 0.3) is 0 Å². The summed E-state index contributed by atoms with van der Waals surface area (Å²) in [5.74, 6) is -1.33. The van der Waals surface area contributed by atoms with Gasteiger partial charge in [0.1, 0.15) is 5.82 Å². The van der Waals surface area contributed by atoms with Crippen LogP contribution in [0.1, 0.15) is 34.8 Å². The number of methoxy groups -OCH3 is 1. The number of halogens is 2. The van der Waals surface area contributed by atoms with E-state index in [1.54, 1.807) is 12.1 Å². The molecule has 0 fully saturated rings. The van der Waals surface area contributed by atoms with Crippen molar-refractivity contribution in [3.63, 3.8) is 0 Å². The summed E-state index contributed by atoms with van der Waals surface area (Å²) in [5, 5.41) is 7.11. The number of oxime groups is 1. The minimum Gasteiger partial charge on any atom is -0.468 e. The Hall–Kier alpha value is -2.93. The number of hydrogen-bond donors (Lipinski definition) is 1. The predicted octanol–water partition coefficient (Wildman–Crippen LogP) is 3.88. The van der Waals surface area contributed by atoms with Crippen molar-refractivity contribution in [1.82, 2.24) is 5.32 Å². The van der Waals surface area contributed by atoms with Crippen LogP contribution in [0.4, 0.5) is 4.39 Å². The largest absolute Gasteiger partial charge is 0.468 e. The molecule has 0 bridgehead atoms. The number of amidine groups is 1. The molecular formula is C20H19ClFN3O3. The molecule has 1 amide bonds. The fourth-order valence-electron chi connectivity index (χ4n) is 2.91. The second-order valence-electron chi connectivity index (χ2n) is 6.43. The molecule has 0 spiro atoms. The Balaban J connectivity index is 1.79. The maximum absolute atomic E-state index is 14.5. The third-order valence-corrected chi connectivity index (χ3v) is 4.70. The van der Waals surface area contributed by atoms with Crippen molar-refractivity contribution in [2.75, 3.05) is 14.2 Å².